The monoisotopic (exact) mass is 192 g/mol. The van der Waals surface area contributed by atoms with Gasteiger partial charge >= 0.3 is 0 Å². The number of hydrogen-bond acceptors (Lipinski definition) is 2. The lowest BCUT2D eigenvalue weighted by Crippen LogP contribution is -1.96. The van der Waals surface area contributed by atoms with Gasteiger partial charge in [0.1, 0.15) is 0 Å². The van der Waals surface area contributed by atoms with Crippen LogP contribution in [0.3, 0.4) is 0 Å². The van der Waals surface area contributed by atoms with Gasteiger partial charge < -0.3 is 11.5 Å². The fourth-order valence-corrected chi connectivity index (χ4v) is 1.58. The van der Waals surface area contributed by atoms with E-state index in [1.54, 1.807) is 0 Å². The first kappa shape index (κ1) is 10.9. The number of aryl methyl sites for hydroxylation is 1. The summed E-state index contributed by atoms with van der Waals surface area (Å²) in [5, 5.41) is 0. The van der Waals surface area contributed by atoms with Crippen molar-refractivity contribution in [2.45, 2.75) is 39.0 Å². The average molecular weight is 192 g/mol. The third-order valence-electron chi connectivity index (χ3n) is 2.47. The molecule has 0 aliphatic heterocycles. The molecule has 0 spiro atoms. The molecule has 0 unspecified atom stereocenters. The van der Waals surface area contributed by atoms with Crippen LogP contribution in [-0.4, -0.2) is 0 Å². The topological polar surface area (TPSA) is 52.0 Å². The highest BCUT2D eigenvalue weighted by molar-refractivity contribution is 5.56. The second-order valence-corrected chi connectivity index (χ2v) is 3.77. The van der Waals surface area contributed by atoms with Crippen LogP contribution >= 0.6 is 0 Å². The third-order valence-corrected chi connectivity index (χ3v) is 2.47. The van der Waals surface area contributed by atoms with E-state index in [-0.39, 0.29) is 0 Å². The standard InChI is InChI=1S/C12H20N2/c1-2-3-4-5-6-10-7-8-11(13)9-12(10)14/h7-9H,2-6,13-14H2,1H3. The predicted octanol–water partition coefficient (Wildman–Crippen LogP) is 2.97. The fourth-order valence-electron chi connectivity index (χ4n) is 1.58. The van der Waals surface area contributed by atoms with Crippen LogP contribution in [0, 0.1) is 0 Å². The molecule has 0 amide bonds. The zero-order chi connectivity index (χ0) is 10.4. The van der Waals surface area contributed by atoms with Gasteiger partial charge in [0.15, 0.2) is 0 Å². The van der Waals surface area contributed by atoms with E-state index in [1.807, 2.05) is 18.2 Å². The SMILES string of the molecule is CCCCCCc1ccc(N)cc1N. The molecule has 0 saturated carbocycles. The zero-order valence-corrected chi connectivity index (χ0v) is 8.92. The molecule has 2 nitrogen and oxygen atoms in total. The van der Waals surface area contributed by atoms with Gasteiger partial charge in [0, 0.05) is 11.4 Å². The Morgan fingerprint density at radius 1 is 1.07 bits per heavy atom. The number of nitrogen functional groups attached to an aromatic ring is 2. The molecule has 78 valence electrons. The number of benzene rings is 1. The molecule has 0 heterocycles. The number of unbranched alkanes of at least 4 members (excludes halogenated alkanes) is 3. The van der Waals surface area contributed by atoms with Crippen LogP contribution in [0.25, 0.3) is 0 Å². The summed E-state index contributed by atoms with van der Waals surface area (Å²) in [6, 6.07) is 5.80. The second kappa shape index (κ2) is 5.53. The van der Waals surface area contributed by atoms with Gasteiger partial charge in [-0.3, -0.25) is 0 Å². The molecule has 0 atom stereocenters. The molecule has 0 aliphatic rings. The minimum Gasteiger partial charge on any atom is -0.399 e. The number of rotatable bonds is 5. The first-order valence-corrected chi connectivity index (χ1v) is 5.38. The lowest BCUT2D eigenvalue weighted by Gasteiger charge is -2.05. The van der Waals surface area contributed by atoms with Gasteiger partial charge in [-0.15, -0.1) is 0 Å². The summed E-state index contributed by atoms with van der Waals surface area (Å²) in [5.41, 5.74) is 14.3. The van der Waals surface area contributed by atoms with Crippen molar-refractivity contribution < 1.29 is 0 Å². The highest BCUT2D eigenvalue weighted by atomic mass is 14.6. The fraction of sp³-hybridized carbons (Fsp3) is 0.500. The van der Waals surface area contributed by atoms with Crippen LogP contribution in [0.15, 0.2) is 18.2 Å². The molecule has 2 heteroatoms. The summed E-state index contributed by atoms with van der Waals surface area (Å²) < 4.78 is 0. The summed E-state index contributed by atoms with van der Waals surface area (Å²) >= 11 is 0. The van der Waals surface area contributed by atoms with Crippen molar-refractivity contribution in [3.05, 3.63) is 23.8 Å². The summed E-state index contributed by atoms with van der Waals surface area (Å²) in [4.78, 5) is 0. The van der Waals surface area contributed by atoms with Crippen molar-refractivity contribution in [2.75, 3.05) is 11.5 Å². The van der Waals surface area contributed by atoms with Crippen LogP contribution in [0.1, 0.15) is 38.2 Å². The first-order chi connectivity index (χ1) is 6.74. The van der Waals surface area contributed by atoms with E-state index in [1.165, 1.54) is 31.2 Å². The van der Waals surface area contributed by atoms with Crippen molar-refractivity contribution in [3.63, 3.8) is 0 Å². The van der Waals surface area contributed by atoms with Crippen LogP contribution in [0.2, 0.25) is 0 Å². The molecule has 0 saturated heterocycles. The van der Waals surface area contributed by atoms with Crippen LogP contribution < -0.4 is 11.5 Å². The summed E-state index contributed by atoms with van der Waals surface area (Å²) in [5.74, 6) is 0. The van der Waals surface area contributed by atoms with E-state index < -0.39 is 0 Å². The molecular weight excluding hydrogens is 172 g/mol. The van der Waals surface area contributed by atoms with E-state index >= 15 is 0 Å². The van der Waals surface area contributed by atoms with E-state index in [4.69, 9.17) is 11.5 Å². The Bertz CT molecular complexity index is 282. The Kier molecular flexibility index (Phi) is 4.30. The minimum absolute atomic E-state index is 0.750. The van der Waals surface area contributed by atoms with Crippen molar-refractivity contribution in [2.24, 2.45) is 0 Å². The van der Waals surface area contributed by atoms with Crippen molar-refractivity contribution in [1.82, 2.24) is 0 Å². The van der Waals surface area contributed by atoms with E-state index in [0.717, 1.165) is 17.8 Å². The molecule has 0 aromatic heterocycles. The Hall–Kier alpha value is -1.18. The van der Waals surface area contributed by atoms with Crippen molar-refractivity contribution >= 4 is 11.4 Å². The summed E-state index contributed by atoms with van der Waals surface area (Å²) in [6.07, 6.45) is 6.18. The van der Waals surface area contributed by atoms with Gasteiger partial charge in [0.2, 0.25) is 0 Å². The van der Waals surface area contributed by atoms with Gasteiger partial charge in [-0.1, -0.05) is 32.3 Å². The molecular formula is C12H20N2. The molecule has 0 fully saturated rings. The van der Waals surface area contributed by atoms with Gasteiger partial charge in [0.25, 0.3) is 0 Å². The minimum atomic E-state index is 0.750. The van der Waals surface area contributed by atoms with E-state index in [0.29, 0.717) is 0 Å². The average Bonchev–Trinajstić information content (AvgIpc) is 2.15. The lowest BCUT2D eigenvalue weighted by molar-refractivity contribution is 0.667. The first-order valence-electron chi connectivity index (χ1n) is 5.38. The number of hydrogen-bond donors (Lipinski definition) is 2. The number of anilines is 2. The molecule has 4 N–H and O–H groups in total. The predicted molar refractivity (Wildman–Crippen MR) is 63.1 cm³/mol. The van der Waals surface area contributed by atoms with Crippen LogP contribution in [0.5, 0.6) is 0 Å². The highest BCUT2D eigenvalue weighted by Gasteiger charge is 1.98. The maximum Gasteiger partial charge on any atom is 0.0367 e. The quantitative estimate of drug-likeness (QED) is 0.556. The van der Waals surface area contributed by atoms with Gasteiger partial charge in [-0.05, 0) is 30.5 Å². The lowest BCUT2D eigenvalue weighted by atomic mass is 10.0. The second-order valence-electron chi connectivity index (χ2n) is 3.77. The summed E-state index contributed by atoms with van der Waals surface area (Å²) in [7, 11) is 0. The van der Waals surface area contributed by atoms with Crippen molar-refractivity contribution in [1.29, 1.82) is 0 Å². The van der Waals surface area contributed by atoms with E-state index in [2.05, 4.69) is 6.92 Å². The smallest absolute Gasteiger partial charge is 0.0367 e. The molecule has 1 aromatic carbocycles. The Morgan fingerprint density at radius 3 is 2.50 bits per heavy atom. The van der Waals surface area contributed by atoms with E-state index in [9.17, 15) is 0 Å². The van der Waals surface area contributed by atoms with Gasteiger partial charge in [0.05, 0.1) is 0 Å². The van der Waals surface area contributed by atoms with Crippen LogP contribution in [0.4, 0.5) is 11.4 Å². The molecule has 0 radical (unpaired) electrons. The zero-order valence-electron chi connectivity index (χ0n) is 8.92. The molecule has 1 rings (SSSR count). The Labute approximate surface area is 86.3 Å². The molecule has 14 heavy (non-hydrogen) atoms. The highest BCUT2D eigenvalue weighted by Crippen LogP contribution is 2.18. The summed E-state index contributed by atoms with van der Waals surface area (Å²) in [6.45, 7) is 2.22. The maximum absolute atomic E-state index is 5.86. The number of nitrogens with two attached hydrogens (primary N) is 2. The van der Waals surface area contributed by atoms with Gasteiger partial charge in [-0.2, -0.15) is 0 Å². The molecule has 1 aromatic rings. The molecule has 0 aliphatic carbocycles. The molecule has 0 bridgehead atoms. The normalized spacial score (nSPS) is 10.4. The van der Waals surface area contributed by atoms with Crippen molar-refractivity contribution in [3.8, 4) is 0 Å². The maximum atomic E-state index is 5.86. The Morgan fingerprint density at radius 2 is 1.86 bits per heavy atom. The van der Waals surface area contributed by atoms with Gasteiger partial charge in [-0.25, -0.2) is 0 Å². The third kappa shape index (κ3) is 3.29. The largest absolute Gasteiger partial charge is 0.399 e. The Balaban J connectivity index is 2.42. The van der Waals surface area contributed by atoms with Crippen LogP contribution in [-0.2, 0) is 6.42 Å².